The molecule has 1 fully saturated rings. The summed E-state index contributed by atoms with van der Waals surface area (Å²) in [6, 6.07) is 1.65. The molecule has 20 heavy (non-hydrogen) atoms. The largest absolute Gasteiger partial charge is 0.472 e. The quantitative estimate of drug-likeness (QED) is 0.905. The number of piperazine rings is 1. The average molecular weight is 297 g/mol. The first-order valence-electron chi connectivity index (χ1n) is 6.28. The van der Waals surface area contributed by atoms with E-state index in [9.17, 15) is 4.79 Å². The van der Waals surface area contributed by atoms with E-state index < -0.39 is 0 Å². The summed E-state index contributed by atoms with van der Waals surface area (Å²) >= 11 is 0. The van der Waals surface area contributed by atoms with Crippen LogP contribution in [0.5, 0.6) is 0 Å². The summed E-state index contributed by atoms with van der Waals surface area (Å²) in [5, 5.41) is 3.31. The number of amides is 1. The molecule has 3 rings (SSSR count). The molecule has 1 amide bonds. The van der Waals surface area contributed by atoms with Crippen molar-refractivity contribution in [3.8, 4) is 0 Å². The summed E-state index contributed by atoms with van der Waals surface area (Å²) in [5.74, 6) is 0.882. The molecule has 1 atom stereocenters. The SMILES string of the molecule is Cl.Cn1ccnc1C1CNCCN1C(=O)c1ccoc1. The Bertz CT molecular complexity index is 567. The van der Waals surface area contributed by atoms with Crippen molar-refractivity contribution in [2.75, 3.05) is 19.6 Å². The Balaban J connectivity index is 0.00000147. The third-order valence-corrected chi connectivity index (χ3v) is 3.43. The van der Waals surface area contributed by atoms with E-state index in [1.54, 1.807) is 12.3 Å². The Morgan fingerprint density at radius 3 is 3.05 bits per heavy atom. The van der Waals surface area contributed by atoms with Crippen molar-refractivity contribution in [3.05, 3.63) is 42.4 Å². The van der Waals surface area contributed by atoms with Crippen LogP contribution in [0.15, 0.2) is 35.4 Å². The van der Waals surface area contributed by atoms with Gasteiger partial charge in [0.15, 0.2) is 0 Å². The number of furan rings is 1. The van der Waals surface area contributed by atoms with Crippen LogP contribution in [0.2, 0.25) is 0 Å². The number of hydrogen-bond donors (Lipinski definition) is 1. The lowest BCUT2D eigenvalue weighted by molar-refractivity contribution is 0.0620. The van der Waals surface area contributed by atoms with Gasteiger partial charge in [-0.25, -0.2) is 4.98 Å². The minimum atomic E-state index is -0.0452. The lowest BCUT2D eigenvalue weighted by atomic mass is 10.1. The zero-order valence-electron chi connectivity index (χ0n) is 11.2. The fraction of sp³-hybridized carbons (Fsp3) is 0.385. The van der Waals surface area contributed by atoms with Crippen LogP contribution in [0, 0.1) is 0 Å². The molecular formula is C13H17ClN4O2. The molecule has 3 heterocycles. The van der Waals surface area contributed by atoms with E-state index in [0.29, 0.717) is 18.7 Å². The van der Waals surface area contributed by atoms with Gasteiger partial charge in [0.1, 0.15) is 18.1 Å². The van der Waals surface area contributed by atoms with Gasteiger partial charge in [-0.2, -0.15) is 0 Å². The van der Waals surface area contributed by atoms with E-state index in [0.717, 1.165) is 12.4 Å². The Morgan fingerprint density at radius 2 is 2.40 bits per heavy atom. The maximum atomic E-state index is 12.5. The van der Waals surface area contributed by atoms with E-state index in [-0.39, 0.29) is 24.4 Å². The van der Waals surface area contributed by atoms with Gasteiger partial charge in [0.2, 0.25) is 0 Å². The van der Waals surface area contributed by atoms with Crippen LogP contribution in [-0.4, -0.2) is 40.0 Å². The van der Waals surface area contributed by atoms with Crippen molar-refractivity contribution >= 4 is 18.3 Å². The molecule has 2 aromatic heterocycles. The van der Waals surface area contributed by atoms with E-state index >= 15 is 0 Å². The third-order valence-electron chi connectivity index (χ3n) is 3.43. The molecule has 2 aromatic rings. The molecule has 0 spiro atoms. The number of carbonyl (C=O) groups excluding carboxylic acids is 1. The summed E-state index contributed by atoms with van der Waals surface area (Å²) < 4.78 is 6.94. The molecule has 1 N–H and O–H groups in total. The standard InChI is InChI=1S/C13H16N4O2.ClH/c1-16-5-4-15-12(16)11-8-14-3-6-17(11)13(18)10-2-7-19-9-10;/h2,4-5,7,9,11,14H,3,6,8H2,1H3;1H. The fourth-order valence-electron chi connectivity index (χ4n) is 2.43. The Labute approximate surface area is 123 Å². The second-order valence-electron chi connectivity index (χ2n) is 4.63. The lowest BCUT2D eigenvalue weighted by Crippen LogP contribution is -2.49. The fourth-order valence-corrected chi connectivity index (χ4v) is 2.43. The van der Waals surface area contributed by atoms with Gasteiger partial charge in [0.05, 0.1) is 11.8 Å². The van der Waals surface area contributed by atoms with Gasteiger partial charge >= 0.3 is 0 Å². The van der Waals surface area contributed by atoms with Crippen molar-refractivity contribution < 1.29 is 9.21 Å². The van der Waals surface area contributed by atoms with Crippen molar-refractivity contribution in [1.82, 2.24) is 19.8 Å². The first-order valence-corrected chi connectivity index (χ1v) is 6.28. The Kier molecular flexibility index (Phi) is 4.46. The maximum absolute atomic E-state index is 12.5. The van der Waals surface area contributed by atoms with E-state index in [2.05, 4.69) is 10.3 Å². The van der Waals surface area contributed by atoms with Gasteiger partial charge in [-0.05, 0) is 6.07 Å². The predicted molar refractivity (Wildman–Crippen MR) is 75.8 cm³/mol. The van der Waals surface area contributed by atoms with E-state index in [4.69, 9.17) is 4.42 Å². The van der Waals surface area contributed by atoms with Crippen LogP contribution in [0.25, 0.3) is 0 Å². The highest BCUT2D eigenvalue weighted by molar-refractivity contribution is 5.94. The molecule has 0 aliphatic carbocycles. The van der Waals surface area contributed by atoms with Crippen LogP contribution in [0.1, 0.15) is 22.2 Å². The minimum absolute atomic E-state index is 0. The molecular weight excluding hydrogens is 280 g/mol. The van der Waals surface area contributed by atoms with Gasteiger partial charge < -0.3 is 19.2 Å². The molecule has 1 aliphatic rings. The highest BCUT2D eigenvalue weighted by Gasteiger charge is 2.31. The molecule has 0 aromatic carbocycles. The number of imidazole rings is 1. The Morgan fingerprint density at radius 1 is 1.55 bits per heavy atom. The first-order chi connectivity index (χ1) is 9.27. The molecule has 6 nitrogen and oxygen atoms in total. The summed E-state index contributed by atoms with van der Waals surface area (Å²) in [7, 11) is 1.94. The molecule has 0 saturated carbocycles. The molecule has 0 bridgehead atoms. The number of carbonyl (C=O) groups is 1. The molecule has 7 heteroatoms. The van der Waals surface area contributed by atoms with Crippen molar-refractivity contribution in [2.24, 2.45) is 7.05 Å². The molecule has 108 valence electrons. The normalized spacial score (nSPS) is 18.6. The van der Waals surface area contributed by atoms with Crippen LogP contribution in [0.4, 0.5) is 0 Å². The average Bonchev–Trinajstić information content (AvgIpc) is 3.09. The number of nitrogens with one attached hydrogen (secondary N) is 1. The third kappa shape index (κ3) is 2.57. The molecule has 1 aliphatic heterocycles. The monoisotopic (exact) mass is 296 g/mol. The van der Waals surface area contributed by atoms with E-state index in [1.165, 1.54) is 12.5 Å². The van der Waals surface area contributed by atoms with Crippen LogP contribution in [0.3, 0.4) is 0 Å². The summed E-state index contributed by atoms with van der Waals surface area (Å²) in [5.41, 5.74) is 0.584. The Hall–Kier alpha value is -1.79. The first kappa shape index (κ1) is 14.6. The number of aryl methyl sites for hydroxylation is 1. The number of halogens is 1. The predicted octanol–water partition coefficient (Wildman–Crippen LogP) is 1.22. The van der Waals surface area contributed by atoms with Gasteiger partial charge in [0, 0.05) is 39.1 Å². The highest BCUT2D eigenvalue weighted by atomic mass is 35.5. The number of hydrogen-bond acceptors (Lipinski definition) is 4. The second-order valence-corrected chi connectivity index (χ2v) is 4.63. The van der Waals surface area contributed by atoms with Crippen molar-refractivity contribution in [2.45, 2.75) is 6.04 Å². The van der Waals surface area contributed by atoms with Gasteiger partial charge in [-0.15, -0.1) is 12.4 Å². The zero-order valence-corrected chi connectivity index (χ0v) is 12.0. The maximum Gasteiger partial charge on any atom is 0.257 e. The van der Waals surface area contributed by atoms with Crippen LogP contribution in [-0.2, 0) is 7.05 Å². The summed E-state index contributed by atoms with van der Waals surface area (Å²) in [6.45, 7) is 2.18. The second kappa shape index (κ2) is 6.11. The minimum Gasteiger partial charge on any atom is -0.472 e. The van der Waals surface area contributed by atoms with Crippen LogP contribution < -0.4 is 5.32 Å². The van der Waals surface area contributed by atoms with Crippen LogP contribution >= 0.6 is 12.4 Å². The lowest BCUT2D eigenvalue weighted by Gasteiger charge is -2.35. The number of aromatic nitrogens is 2. The molecule has 1 saturated heterocycles. The molecule has 1 unspecified atom stereocenters. The van der Waals surface area contributed by atoms with E-state index in [1.807, 2.05) is 22.7 Å². The van der Waals surface area contributed by atoms with Gasteiger partial charge in [0.25, 0.3) is 5.91 Å². The van der Waals surface area contributed by atoms with Crippen molar-refractivity contribution in [1.29, 1.82) is 0 Å². The molecule has 0 radical (unpaired) electrons. The van der Waals surface area contributed by atoms with Gasteiger partial charge in [-0.1, -0.05) is 0 Å². The summed E-state index contributed by atoms with van der Waals surface area (Å²) in [4.78, 5) is 18.7. The zero-order chi connectivity index (χ0) is 13.2. The number of rotatable bonds is 2. The highest BCUT2D eigenvalue weighted by Crippen LogP contribution is 2.22. The van der Waals surface area contributed by atoms with Gasteiger partial charge in [-0.3, -0.25) is 4.79 Å². The van der Waals surface area contributed by atoms with Crippen molar-refractivity contribution in [3.63, 3.8) is 0 Å². The smallest absolute Gasteiger partial charge is 0.257 e. The summed E-state index contributed by atoms with van der Waals surface area (Å²) in [6.07, 6.45) is 6.65. The number of nitrogens with zero attached hydrogens (tertiary/aromatic N) is 3. The topological polar surface area (TPSA) is 63.3 Å².